The molecular weight excluding hydrogens is 623 g/mol. The number of nitrogens with one attached hydrogen (secondary N) is 2. The molecule has 2 aliphatic rings. The second-order valence-electron chi connectivity index (χ2n) is 11.7. The summed E-state index contributed by atoms with van der Waals surface area (Å²) in [6.07, 6.45) is 2.80. The summed E-state index contributed by atoms with van der Waals surface area (Å²) in [6, 6.07) is 4.05. The number of H-pyrrole nitrogens is 2. The minimum Gasteiger partial charge on any atom is -0.469 e. The van der Waals surface area contributed by atoms with Gasteiger partial charge < -0.3 is 19.4 Å². The van der Waals surface area contributed by atoms with Gasteiger partial charge in [-0.25, -0.2) is 9.97 Å². The maximum absolute atomic E-state index is 12.2. The van der Waals surface area contributed by atoms with Crippen molar-refractivity contribution in [3.63, 3.8) is 0 Å². The molecule has 0 amide bonds. The first kappa shape index (κ1) is 33.5. The Morgan fingerprint density at radius 1 is 0.696 bits per heavy atom. The van der Waals surface area contributed by atoms with Crippen molar-refractivity contribution in [1.29, 1.82) is 0 Å². The summed E-state index contributed by atoms with van der Waals surface area (Å²) >= 11 is 14.5. The summed E-state index contributed by atoms with van der Waals surface area (Å²) in [5.74, 6) is -0.627. The van der Waals surface area contributed by atoms with E-state index in [0.717, 1.165) is 68.3 Å². The van der Waals surface area contributed by atoms with E-state index in [0.29, 0.717) is 45.7 Å². The lowest BCUT2D eigenvalue weighted by atomic mass is 9.98. The molecule has 8 nitrogen and oxygen atoms in total. The molecule has 46 heavy (non-hydrogen) atoms. The Hall–Kier alpha value is -3.88. The molecule has 0 fully saturated rings. The van der Waals surface area contributed by atoms with Crippen LogP contribution in [0, 0.1) is 13.8 Å². The number of aromatic amines is 2. The average Bonchev–Trinajstić information content (AvgIpc) is 3.74. The molecular formula is C36H40Cl2N4O4. The number of halogens is 2. The van der Waals surface area contributed by atoms with Gasteiger partial charge in [0.1, 0.15) is 0 Å². The summed E-state index contributed by atoms with van der Waals surface area (Å²) < 4.78 is 9.90. The Labute approximate surface area is 279 Å². The third-order valence-electron chi connectivity index (χ3n) is 9.26. The van der Waals surface area contributed by atoms with E-state index in [1.165, 1.54) is 25.3 Å². The lowest BCUT2D eigenvalue weighted by Crippen LogP contribution is -2.01. The fourth-order valence-corrected chi connectivity index (χ4v) is 7.34. The lowest BCUT2D eigenvalue weighted by molar-refractivity contribution is -0.141. The molecule has 10 heteroatoms. The summed E-state index contributed by atoms with van der Waals surface area (Å²) in [5.41, 5.74) is 14.1. The Kier molecular flexibility index (Phi) is 9.80. The molecule has 0 saturated carbocycles. The van der Waals surface area contributed by atoms with Gasteiger partial charge in [0.2, 0.25) is 0 Å². The van der Waals surface area contributed by atoms with Crippen LogP contribution in [0.15, 0.2) is 12.1 Å². The highest BCUT2D eigenvalue weighted by Gasteiger charge is 2.26. The van der Waals surface area contributed by atoms with Gasteiger partial charge in [-0.2, -0.15) is 0 Å². The zero-order valence-electron chi connectivity index (χ0n) is 27.7. The van der Waals surface area contributed by atoms with Crippen molar-refractivity contribution in [3.05, 3.63) is 67.2 Å². The van der Waals surface area contributed by atoms with Gasteiger partial charge >= 0.3 is 11.9 Å². The molecule has 0 aromatic carbocycles. The second-order valence-corrected chi connectivity index (χ2v) is 12.5. The molecule has 3 aromatic rings. The van der Waals surface area contributed by atoms with Gasteiger partial charge in [-0.1, -0.05) is 37.0 Å². The van der Waals surface area contributed by atoms with E-state index in [1.54, 1.807) is 0 Å². The molecule has 5 rings (SSSR count). The fraction of sp³-hybridized carbons (Fsp3) is 0.389. The number of hydrogen-bond acceptors (Lipinski definition) is 6. The van der Waals surface area contributed by atoms with Crippen LogP contribution < -0.4 is 0 Å². The molecule has 0 unspecified atom stereocenters. The highest BCUT2D eigenvalue weighted by atomic mass is 35.5. The average molecular weight is 664 g/mol. The zero-order chi connectivity index (χ0) is 33.4. The van der Waals surface area contributed by atoms with E-state index >= 15 is 0 Å². The van der Waals surface area contributed by atoms with E-state index < -0.39 is 0 Å². The molecule has 2 N–H and O–H groups in total. The number of carbonyl (C=O) groups is 2. The maximum Gasteiger partial charge on any atom is 0.305 e. The van der Waals surface area contributed by atoms with Gasteiger partial charge in [-0.15, -0.1) is 0 Å². The molecule has 0 aliphatic carbocycles. The van der Waals surface area contributed by atoms with Crippen molar-refractivity contribution >= 4 is 79.5 Å². The van der Waals surface area contributed by atoms with Crippen molar-refractivity contribution in [3.8, 4) is 0 Å². The molecule has 0 spiro atoms. The van der Waals surface area contributed by atoms with Crippen molar-refractivity contribution in [2.24, 2.45) is 0 Å². The summed E-state index contributed by atoms with van der Waals surface area (Å²) in [4.78, 5) is 41.8. The van der Waals surface area contributed by atoms with E-state index in [2.05, 4.69) is 43.7 Å². The van der Waals surface area contributed by atoms with Crippen LogP contribution in [-0.2, 0) is 31.9 Å². The SMILES string of the molecule is CCc1c(C)c2[nH]c1cc1[nH]c(c(C)c1CC)c(Cl)c1nc(cc3nc(c2Cl)C(C)=C3CCC(=O)OC)C(CCC(=O)OC)=C1C. The monoisotopic (exact) mass is 662 g/mol. The summed E-state index contributed by atoms with van der Waals surface area (Å²) in [5, 5.41) is 1.01. The van der Waals surface area contributed by atoms with Crippen molar-refractivity contribution in [1.82, 2.24) is 19.9 Å². The summed E-state index contributed by atoms with van der Waals surface area (Å²) in [7, 11) is 2.76. The predicted molar refractivity (Wildman–Crippen MR) is 187 cm³/mol. The quantitative estimate of drug-likeness (QED) is 0.233. The van der Waals surface area contributed by atoms with Crippen LogP contribution in [0.3, 0.4) is 0 Å². The number of methoxy groups -OCH3 is 2. The first-order valence-corrected chi connectivity index (χ1v) is 16.4. The normalized spacial score (nSPS) is 13.1. The number of nitrogens with zero attached hydrogens (tertiary/aromatic N) is 2. The number of rotatable bonds is 8. The van der Waals surface area contributed by atoms with Gasteiger partial charge in [0.05, 0.1) is 58.1 Å². The minimum atomic E-state index is -0.314. The highest BCUT2D eigenvalue weighted by Crippen LogP contribution is 2.42. The van der Waals surface area contributed by atoms with Crippen LogP contribution in [0.2, 0.25) is 10.0 Å². The Morgan fingerprint density at radius 2 is 1.09 bits per heavy atom. The Balaban J connectivity index is 1.96. The number of allylic oxidation sites excluding steroid dienone is 4. The fourth-order valence-electron chi connectivity index (χ4n) is 6.59. The number of aryl methyl sites for hydroxylation is 4. The van der Waals surface area contributed by atoms with Gasteiger partial charge in [0.25, 0.3) is 0 Å². The molecule has 0 atom stereocenters. The number of fused-ring (bicyclic) bond motifs is 8. The zero-order valence-corrected chi connectivity index (χ0v) is 29.2. The van der Waals surface area contributed by atoms with Crippen LogP contribution >= 0.6 is 23.2 Å². The van der Waals surface area contributed by atoms with E-state index in [4.69, 9.17) is 42.6 Å². The summed E-state index contributed by atoms with van der Waals surface area (Å²) in [6.45, 7) is 12.4. The first-order chi connectivity index (χ1) is 21.9. The smallest absolute Gasteiger partial charge is 0.305 e. The predicted octanol–water partition coefficient (Wildman–Crippen LogP) is 9.13. The molecule has 0 saturated heterocycles. The number of esters is 2. The minimum absolute atomic E-state index is 0.184. The van der Waals surface area contributed by atoms with Gasteiger partial charge in [0, 0.05) is 23.9 Å². The molecule has 3 aromatic heterocycles. The van der Waals surface area contributed by atoms with Crippen molar-refractivity contribution in [2.45, 2.75) is 80.1 Å². The van der Waals surface area contributed by atoms with E-state index in [-0.39, 0.29) is 24.8 Å². The second kappa shape index (κ2) is 13.5. The van der Waals surface area contributed by atoms with Crippen LogP contribution in [0.1, 0.15) is 98.4 Å². The van der Waals surface area contributed by atoms with Crippen molar-refractivity contribution in [2.75, 3.05) is 14.2 Å². The Bertz CT molecular complexity index is 1860. The molecule has 242 valence electrons. The van der Waals surface area contributed by atoms with Crippen molar-refractivity contribution < 1.29 is 19.1 Å². The number of ether oxygens (including phenoxy) is 2. The first-order valence-electron chi connectivity index (χ1n) is 15.6. The van der Waals surface area contributed by atoms with Crippen LogP contribution in [0.25, 0.3) is 44.4 Å². The number of hydrogen-bond donors (Lipinski definition) is 2. The van der Waals surface area contributed by atoms with E-state index in [9.17, 15) is 9.59 Å². The molecule has 0 radical (unpaired) electrons. The van der Waals surface area contributed by atoms with Gasteiger partial charge in [-0.05, 0) is 110 Å². The molecule has 5 heterocycles. The maximum atomic E-state index is 12.2. The van der Waals surface area contributed by atoms with Crippen LogP contribution in [-0.4, -0.2) is 46.1 Å². The van der Waals surface area contributed by atoms with Gasteiger partial charge in [0.15, 0.2) is 0 Å². The highest BCUT2D eigenvalue weighted by molar-refractivity contribution is 6.36. The number of aromatic nitrogens is 4. The molecule has 2 aliphatic heterocycles. The Morgan fingerprint density at radius 3 is 1.43 bits per heavy atom. The molecule has 8 bridgehead atoms. The lowest BCUT2D eigenvalue weighted by Gasteiger charge is -2.06. The standard InChI is InChI=1S/C36H40Cl2N4O4/c1-9-21-17(3)33-31(37)35-19(5)23(11-13-29(43)45-7)27(41-35)16-28-24(12-14-30(44)46-8)20(6)36(42-28)32(38)34-18(4)22(10-2)26(40-34)15-25(21)39-33/h15-16,39-40H,9-14H2,1-8H3. The third kappa shape index (κ3) is 5.89. The van der Waals surface area contributed by atoms with Crippen LogP contribution in [0.5, 0.6) is 0 Å². The third-order valence-corrected chi connectivity index (χ3v) is 10.00. The van der Waals surface area contributed by atoms with Crippen LogP contribution in [0.4, 0.5) is 0 Å². The van der Waals surface area contributed by atoms with E-state index in [1.807, 2.05) is 19.9 Å². The number of carbonyl (C=O) groups excluding carboxylic acids is 2. The topological polar surface area (TPSA) is 110 Å². The largest absolute Gasteiger partial charge is 0.469 e. The van der Waals surface area contributed by atoms with Gasteiger partial charge in [-0.3, -0.25) is 9.59 Å².